The Labute approximate surface area is 174 Å². The van der Waals surface area contributed by atoms with Crippen LogP contribution >= 0.6 is 11.3 Å². The lowest BCUT2D eigenvalue weighted by atomic mass is 10.0. The minimum absolute atomic E-state index is 0.0789. The Morgan fingerprint density at radius 3 is 2.21 bits per heavy atom. The summed E-state index contributed by atoms with van der Waals surface area (Å²) in [5.41, 5.74) is 2.29. The van der Waals surface area contributed by atoms with Crippen molar-refractivity contribution in [3.8, 4) is 0 Å². The highest BCUT2D eigenvalue weighted by Gasteiger charge is 2.24. The Morgan fingerprint density at radius 2 is 1.62 bits per heavy atom. The van der Waals surface area contributed by atoms with Crippen LogP contribution in [0.15, 0.2) is 41.1 Å². The van der Waals surface area contributed by atoms with E-state index in [0.29, 0.717) is 17.9 Å². The highest BCUT2D eigenvalue weighted by Crippen LogP contribution is 2.25. The summed E-state index contributed by atoms with van der Waals surface area (Å²) in [6.45, 7) is 3.82. The summed E-state index contributed by atoms with van der Waals surface area (Å²) in [5, 5.41) is 12.1. The number of carbonyl (C=O) groups excluding carboxylic acids is 3. The number of nitrogens with one attached hydrogen (secondary N) is 3. The third-order valence-electron chi connectivity index (χ3n) is 4.88. The molecular weight excluding hydrogens is 388 g/mol. The standard InChI is InChI=1S/C21H26N4O3S/c1-15(26)23-17-5-7-18(8-6-17)24-21(28)20(27)22-13-19(16-9-12-29-14-16)25-10-3-2-4-11-25/h5-9,12,14,19H,2-4,10-11,13H2,1H3,(H,22,27)(H,23,26)(H,24,28). The van der Waals surface area contributed by atoms with E-state index in [4.69, 9.17) is 0 Å². The predicted octanol–water partition coefficient (Wildman–Crippen LogP) is 2.99. The van der Waals surface area contributed by atoms with Crippen molar-refractivity contribution < 1.29 is 14.4 Å². The van der Waals surface area contributed by atoms with Crippen molar-refractivity contribution in [2.45, 2.75) is 32.2 Å². The zero-order valence-electron chi connectivity index (χ0n) is 16.4. The van der Waals surface area contributed by atoms with Crippen LogP contribution in [0.1, 0.15) is 37.8 Å². The van der Waals surface area contributed by atoms with Gasteiger partial charge in [0.2, 0.25) is 5.91 Å². The first kappa shape index (κ1) is 21.0. The number of amides is 3. The molecular formula is C21H26N4O3S. The number of hydrogen-bond acceptors (Lipinski definition) is 5. The van der Waals surface area contributed by atoms with Gasteiger partial charge in [-0.15, -0.1) is 0 Å². The molecule has 3 N–H and O–H groups in total. The summed E-state index contributed by atoms with van der Waals surface area (Å²) >= 11 is 1.63. The van der Waals surface area contributed by atoms with Crippen LogP contribution in [0.3, 0.4) is 0 Å². The molecule has 3 amide bonds. The van der Waals surface area contributed by atoms with Crippen LogP contribution in [0.25, 0.3) is 0 Å². The molecule has 2 aromatic rings. The average Bonchev–Trinajstić information content (AvgIpc) is 3.24. The molecule has 8 heteroatoms. The molecule has 3 rings (SSSR count). The van der Waals surface area contributed by atoms with Crippen molar-refractivity contribution in [1.29, 1.82) is 0 Å². The van der Waals surface area contributed by atoms with Gasteiger partial charge in [-0.05, 0) is 72.6 Å². The fourth-order valence-corrected chi connectivity index (χ4v) is 4.16. The van der Waals surface area contributed by atoms with E-state index in [1.54, 1.807) is 35.6 Å². The van der Waals surface area contributed by atoms with Crippen LogP contribution in [0.5, 0.6) is 0 Å². The highest BCUT2D eigenvalue weighted by molar-refractivity contribution is 7.08. The Kier molecular flexibility index (Phi) is 7.37. The van der Waals surface area contributed by atoms with Crippen molar-refractivity contribution in [3.05, 3.63) is 46.7 Å². The SMILES string of the molecule is CC(=O)Nc1ccc(NC(=O)C(=O)NCC(c2ccsc2)N2CCCCC2)cc1. The van der Waals surface area contributed by atoms with E-state index in [-0.39, 0.29) is 11.9 Å². The third kappa shape index (κ3) is 6.13. The largest absolute Gasteiger partial charge is 0.346 e. The maximum Gasteiger partial charge on any atom is 0.313 e. The monoisotopic (exact) mass is 414 g/mol. The van der Waals surface area contributed by atoms with Gasteiger partial charge < -0.3 is 16.0 Å². The molecule has 1 aromatic carbocycles. The predicted molar refractivity (Wildman–Crippen MR) is 115 cm³/mol. The molecule has 29 heavy (non-hydrogen) atoms. The van der Waals surface area contributed by atoms with Crippen molar-refractivity contribution >= 4 is 40.4 Å². The summed E-state index contributed by atoms with van der Waals surface area (Å²) in [6.07, 6.45) is 3.55. The van der Waals surface area contributed by atoms with Crippen molar-refractivity contribution in [2.24, 2.45) is 0 Å². The van der Waals surface area contributed by atoms with Crippen LogP contribution in [-0.4, -0.2) is 42.3 Å². The number of thiophene rings is 1. The first-order valence-corrected chi connectivity index (χ1v) is 10.7. The van der Waals surface area contributed by atoms with Gasteiger partial charge in [0.15, 0.2) is 0 Å². The van der Waals surface area contributed by atoms with Gasteiger partial charge in [-0.3, -0.25) is 19.3 Å². The van der Waals surface area contributed by atoms with E-state index in [1.807, 2.05) is 5.38 Å². The van der Waals surface area contributed by atoms with E-state index in [1.165, 1.54) is 18.9 Å². The molecule has 1 aliphatic rings. The second-order valence-electron chi connectivity index (χ2n) is 7.09. The molecule has 0 aliphatic carbocycles. The van der Waals surface area contributed by atoms with Crippen LogP contribution in [0.2, 0.25) is 0 Å². The number of hydrogen-bond donors (Lipinski definition) is 3. The Balaban J connectivity index is 1.55. The summed E-state index contributed by atoms with van der Waals surface area (Å²) in [5.74, 6) is -1.54. The van der Waals surface area contributed by atoms with Gasteiger partial charge >= 0.3 is 11.8 Å². The molecule has 0 spiro atoms. The zero-order valence-corrected chi connectivity index (χ0v) is 17.3. The van der Waals surface area contributed by atoms with E-state index in [0.717, 1.165) is 25.9 Å². The number of piperidine rings is 1. The fourth-order valence-electron chi connectivity index (χ4n) is 3.45. The maximum atomic E-state index is 12.3. The van der Waals surface area contributed by atoms with Gasteiger partial charge in [-0.1, -0.05) is 6.42 Å². The van der Waals surface area contributed by atoms with Crippen LogP contribution < -0.4 is 16.0 Å². The minimum atomic E-state index is -0.708. The normalized spacial score (nSPS) is 15.3. The molecule has 1 unspecified atom stereocenters. The Morgan fingerprint density at radius 1 is 0.966 bits per heavy atom. The first-order valence-electron chi connectivity index (χ1n) is 9.76. The molecule has 2 heterocycles. The summed E-state index contributed by atoms with van der Waals surface area (Å²) in [7, 11) is 0. The number of nitrogens with zero attached hydrogens (tertiary/aromatic N) is 1. The molecule has 1 saturated heterocycles. The fraction of sp³-hybridized carbons (Fsp3) is 0.381. The van der Waals surface area contributed by atoms with Crippen molar-refractivity contribution in [2.75, 3.05) is 30.3 Å². The van der Waals surface area contributed by atoms with Gasteiger partial charge in [-0.2, -0.15) is 11.3 Å². The minimum Gasteiger partial charge on any atom is -0.346 e. The second kappa shape index (κ2) is 10.2. The zero-order chi connectivity index (χ0) is 20.6. The lowest BCUT2D eigenvalue weighted by Crippen LogP contribution is -2.43. The lowest BCUT2D eigenvalue weighted by molar-refractivity contribution is -0.136. The molecule has 7 nitrogen and oxygen atoms in total. The van der Waals surface area contributed by atoms with E-state index < -0.39 is 11.8 Å². The van der Waals surface area contributed by atoms with Gasteiger partial charge in [-0.25, -0.2) is 0 Å². The summed E-state index contributed by atoms with van der Waals surface area (Å²) in [4.78, 5) is 38.0. The van der Waals surface area contributed by atoms with Crippen LogP contribution in [-0.2, 0) is 14.4 Å². The van der Waals surface area contributed by atoms with Gasteiger partial charge in [0.25, 0.3) is 0 Å². The first-order chi connectivity index (χ1) is 14.0. The molecule has 0 bridgehead atoms. The summed E-state index contributed by atoms with van der Waals surface area (Å²) < 4.78 is 0. The van der Waals surface area contributed by atoms with E-state index >= 15 is 0 Å². The van der Waals surface area contributed by atoms with E-state index in [2.05, 4.69) is 32.3 Å². The third-order valence-corrected chi connectivity index (χ3v) is 5.59. The number of likely N-dealkylation sites (tertiary alicyclic amines) is 1. The highest BCUT2D eigenvalue weighted by atomic mass is 32.1. The summed E-state index contributed by atoms with van der Waals surface area (Å²) in [6, 6.07) is 8.76. The molecule has 1 atom stereocenters. The van der Waals surface area contributed by atoms with Crippen LogP contribution in [0, 0.1) is 0 Å². The van der Waals surface area contributed by atoms with E-state index in [9.17, 15) is 14.4 Å². The quantitative estimate of drug-likeness (QED) is 0.634. The molecule has 1 aromatic heterocycles. The van der Waals surface area contributed by atoms with Crippen molar-refractivity contribution in [3.63, 3.8) is 0 Å². The van der Waals surface area contributed by atoms with Gasteiger partial charge in [0.1, 0.15) is 0 Å². The lowest BCUT2D eigenvalue weighted by Gasteiger charge is -2.34. The van der Waals surface area contributed by atoms with Crippen LogP contribution in [0.4, 0.5) is 11.4 Å². The molecule has 1 fully saturated rings. The van der Waals surface area contributed by atoms with Crippen molar-refractivity contribution in [1.82, 2.24) is 10.2 Å². The number of carbonyl (C=O) groups is 3. The molecule has 154 valence electrons. The smallest absolute Gasteiger partial charge is 0.313 e. The Hall–Kier alpha value is -2.71. The molecule has 0 saturated carbocycles. The maximum absolute atomic E-state index is 12.3. The Bertz CT molecular complexity index is 830. The topological polar surface area (TPSA) is 90.5 Å². The number of anilines is 2. The van der Waals surface area contributed by atoms with Gasteiger partial charge in [0.05, 0.1) is 6.04 Å². The number of rotatable bonds is 6. The average molecular weight is 415 g/mol. The molecule has 0 radical (unpaired) electrons. The molecule has 1 aliphatic heterocycles. The number of benzene rings is 1. The second-order valence-corrected chi connectivity index (χ2v) is 7.87. The van der Waals surface area contributed by atoms with Gasteiger partial charge in [0, 0.05) is 24.8 Å².